The van der Waals surface area contributed by atoms with Crippen LogP contribution in [0.1, 0.15) is 28.3 Å². The first kappa shape index (κ1) is 13.6. The summed E-state index contributed by atoms with van der Waals surface area (Å²) in [7, 11) is 0. The molecule has 1 atom stereocenters. The van der Waals surface area contributed by atoms with E-state index in [0.29, 0.717) is 12.2 Å². The fourth-order valence-corrected chi connectivity index (χ4v) is 3.03. The highest BCUT2D eigenvalue weighted by molar-refractivity contribution is 9.10. The first-order chi connectivity index (χ1) is 9.56. The van der Waals surface area contributed by atoms with Crippen LogP contribution in [-0.4, -0.2) is 6.61 Å². The number of fused-ring (bicyclic) bond motifs is 1. The van der Waals surface area contributed by atoms with E-state index in [1.165, 1.54) is 6.07 Å². The predicted octanol–water partition coefficient (Wildman–Crippen LogP) is 3.88. The highest BCUT2D eigenvalue weighted by Gasteiger charge is 2.22. The lowest BCUT2D eigenvalue weighted by molar-refractivity contribution is 0.352. The van der Waals surface area contributed by atoms with Gasteiger partial charge in [0.2, 0.25) is 0 Å². The lowest BCUT2D eigenvalue weighted by atomic mass is 9.96. The Kier molecular flexibility index (Phi) is 3.52. The number of halogens is 2. The molecule has 1 unspecified atom stereocenters. The minimum Gasteiger partial charge on any atom is -0.493 e. The summed E-state index contributed by atoms with van der Waals surface area (Å²) in [6.45, 7) is 2.41. The summed E-state index contributed by atoms with van der Waals surface area (Å²) in [6.07, 6.45) is 0.886. The highest BCUT2D eigenvalue weighted by Crippen LogP contribution is 2.37. The van der Waals surface area contributed by atoms with Crippen LogP contribution in [0, 0.1) is 12.7 Å². The van der Waals surface area contributed by atoms with Crippen LogP contribution in [0.15, 0.2) is 34.8 Å². The molecule has 20 heavy (non-hydrogen) atoms. The highest BCUT2D eigenvalue weighted by atomic mass is 79.9. The van der Waals surface area contributed by atoms with Crippen molar-refractivity contribution in [1.82, 2.24) is 0 Å². The molecule has 104 valence electrons. The van der Waals surface area contributed by atoms with Crippen molar-refractivity contribution in [3.05, 3.63) is 62.9 Å². The molecule has 2 aromatic carbocycles. The summed E-state index contributed by atoms with van der Waals surface area (Å²) in [4.78, 5) is 0. The summed E-state index contributed by atoms with van der Waals surface area (Å²) in [6, 6.07) is 8.73. The zero-order valence-corrected chi connectivity index (χ0v) is 12.7. The number of hydrogen-bond donors (Lipinski definition) is 1. The van der Waals surface area contributed by atoms with Gasteiger partial charge in [0.1, 0.15) is 11.6 Å². The molecule has 1 aliphatic rings. The van der Waals surface area contributed by atoms with Gasteiger partial charge >= 0.3 is 0 Å². The fourth-order valence-electron chi connectivity index (χ4n) is 2.51. The van der Waals surface area contributed by atoms with Crippen LogP contribution in [0.25, 0.3) is 0 Å². The first-order valence-electron chi connectivity index (χ1n) is 6.53. The Morgan fingerprint density at radius 1 is 1.30 bits per heavy atom. The molecule has 0 fully saturated rings. The maximum Gasteiger partial charge on any atom is 0.127 e. The predicted molar refractivity (Wildman–Crippen MR) is 80.5 cm³/mol. The van der Waals surface area contributed by atoms with Crippen molar-refractivity contribution in [2.24, 2.45) is 5.73 Å². The van der Waals surface area contributed by atoms with Crippen LogP contribution in [0.4, 0.5) is 4.39 Å². The van der Waals surface area contributed by atoms with Gasteiger partial charge in [-0.2, -0.15) is 0 Å². The van der Waals surface area contributed by atoms with Gasteiger partial charge in [0, 0.05) is 16.5 Å². The van der Waals surface area contributed by atoms with Gasteiger partial charge in [0.25, 0.3) is 0 Å². The third-order valence-electron chi connectivity index (χ3n) is 3.67. The molecule has 0 spiro atoms. The summed E-state index contributed by atoms with van der Waals surface area (Å²) in [5, 5.41) is 0. The Bertz CT molecular complexity index is 672. The number of nitrogens with two attached hydrogens (primary N) is 1. The zero-order valence-electron chi connectivity index (χ0n) is 11.1. The molecule has 1 aliphatic heterocycles. The van der Waals surface area contributed by atoms with E-state index in [0.717, 1.165) is 33.3 Å². The van der Waals surface area contributed by atoms with Crippen LogP contribution in [-0.2, 0) is 6.42 Å². The van der Waals surface area contributed by atoms with Gasteiger partial charge in [-0.25, -0.2) is 4.39 Å². The van der Waals surface area contributed by atoms with Gasteiger partial charge in [-0.15, -0.1) is 0 Å². The van der Waals surface area contributed by atoms with Gasteiger partial charge in [0.05, 0.1) is 12.6 Å². The number of hydrogen-bond acceptors (Lipinski definition) is 2. The number of benzene rings is 2. The molecule has 0 saturated carbocycles. The lowest BCUT2D eigenvalue weighted by Gasteiger charge is -2.17. The van der Waals surface area contributed by atoms with E-state index in [-0.39, 0.29) is 5.82 Å². The number of rotatable bonds is 2. The monoisotopic (exact) mass is 335 g/mol. The van der Waals surface area contributed by atoms with Crippen LogP contribution in [0.2, 0.25) is 0 Å². The second-order valence-electron chi connectivity index (χ2n) is 5.07. The van der Waals surface area contributed by atoms with Gasteiger partial charge in [0.15, 0.2) is 0 Å². The second-order valence-corrected chi connectivity index (χ2v) is 5.98. The third kappa shape index (κ3) is 2.34. The molecule has 2 aromatic rings. The second kappa shape index (κ2) is 5.19. The Labute approximate surface area is 125 Å². The molecular formula is C16H15BrFNO. The smallest absolute Gasteiger partial charge is 0.127 e. The van der Waals surface area contributed by atoms with Crippen LogP contribution >= 0.6 is 15.9 Å². The molecule has 3 rings (SSSR count). The summed E-state index contributed by atoms with van der Waals surface area (Å²) in [5.74, 6) is 0.618. The Morgan fingerprint density at radius 3 is 2.85 bits per heavy atom. The van der Waals surface area contributed by atoms with Gasteiger partial charge in [-0.05, 0) is 41.8 Å². The maximum absolute atomic E-state index is 13.7. The summed E-state index contributed by atoms with van der Waals surface area (Å²) < 4.78 is 20.4. The van der Waals surface area contributed by atoms with E-state index in [1.807, 2.05) is 18.2 Å². The van der Waals surface area contributed by atoms with E-state index < -0.39 is 6.04 Å². The van der Waals surface area contributed by atoms with E-state index >= 15 is 0 Å². The van der Waals surface area contributed by atoms with Crippen molar-refractivity contribution in [3.8, 4) is 5.75 Å². The molecule has 0 aliphatic carbocycles. The Morgan fingerprint density at radius 2 is 2.10 bits per heavy atom. The maximum atomic E-state index is 13.7. The summed E-state index contributed by atoms with van der Waals surface area (Å²) >= 11 is 3.50. The van der Waals surface area contributed by atoms with Crippen molar-refractivity contribution < 1.29 is 9.13 Å². The van der Waals surface area contributed by atoms with Crippen molar-refractivity contribution >= 4 is 15.9 Å². The minimum atomic E-state index is -0.394. The Hall–Kier alpha value is -1.39. The number of ether oxygens (including phenoxy) is 1. The molecule has 4 heteroatoms. The van der Waals surface area contributed by atoms with Crippen molar-refractivity contribution in [3.63, 3.8) is 0 Å². The fraction of sp³-hybridized carbons (Fsp3) is 0.250. The SMILES string of the molecule is Cc1ccc(C(N)c2cc(Br)cc3c2OCC3)cc1F. The average Bonchev–Trinajstić information content (AvgIpc) is 2.88. The largest absolute Gasteiger partial charge is 0.493 e. The van der Waals surface area contributed by atoms with Crippen LogP contribution in [0.5, 0.6) is 5.75 Å². The van der Waals surface area contributed by atoms with E-state index in [2.05, 4.69) is 15.9 Å². The van der Waals surface area contributed by atoms with Gasteiger partial charge < -0.3 is 10.5 Å². The third-order valence-corrected chi connectivity index (χ3v) is 4.13. The van der Waals surface area contributed by atoms with Gasteiger partial charge in [-0.3, -0.25) is 0 Å². The summed E-state index contributed by atoms with van der Waals surface area (Å²) in [5.41, 5.74) is 9.73. The first-order valence-corrected chi connectivity index (χ1v) is 7.32. The normalized spacial score (nSPS) is 14.8. The van der Waals surface area contributed by atoms with Crippen molar-refractivity contribution in [2.45, 2.75) is 19.4 Å². The average molecular weight is 336 g/mol. The molecular weight excluding hydrogens is 321 g/mol. The van der Waals surface area contributed by atoms with Crippen LogP contribution in [0.3, 0.4) is 0 Å². The van der Waals surface area contributed by atoms with Crippen molar-refractivity contribution in [2.75, 3.05) is 6.61 Å². The van der Waals surface area contributed by atoms with E-state index in [4.69, 9.17) is 10.5 Å². The molecule has 0 bridgehead atoms. The standard InChI is InChI=1S/C16H15BrFNO/c1-9-2-3-10(7-14(9)18)15(19)13-8-12(17)6-11-4-5-20-16(11)13/h2-3,6-8,15H,4-5,19H2,1H3. The van der Waals surface area contributed by atoms with Gasteiger partial charge in [-0.1, -0.05) is 28.1 Å². The quantitative estimate of drug-likeness (QED) is 0.903. The lowest BCUT2D eigenvalue weighted by Crippen LogP contribution is -2.13. The molecule has 0 amide bonds. The Balaban J connectivity index is 2.06. The van der Waals surface area contributed by atoms with Crippen LogP contribution < -0.4 is 10.5 Å². The molecule has 0 saturated heterocycles. The van der Waals surface area contributed by atoms with E-state index in [9.17, 15) is 4.39 Å². The van der Waals surface area contributed by atoms with E-state index in [1.54, 1.807) is 13.0 Å². The molecule has 2 nitrogen and oxygen atoms in total. The molecule has 1 heterocycles. The minimum absolute atomic E-state index is 0.231. The molecule has 0 radical (unpaired) electrons. The molecule has 2 N–H and O–H groups in total. The topological polar surface area (TPSA) is 35.2 Å². The van der Waals surface area contributed by atoms with Crippen molar-refractivity contribution in [1.29, 1.82) is 0 Å². The number of aryl methyl sites for hydroxylation is 1. The molecule has 0 aromatic heterocycles. The zero-order chi connectivity index (χ0) is 14.3.